The number of amides is 2. The van der Waals surface area contributed by atoms with Gasteiger partial charge in [0.05, 0.1) is 23.6 Å². The molecular formula is C38H45N3O5. The van der Waals surface area contributed by atoms with E-state index in [4.69, 9.17) is 9.47 Å². The molecular weight excluding hydrogens is 578 g/mol. The van der Waals surface area contributed by atoms with E-state index in [1.807, 2.05) is 82.3 Å². The van der Waals surface area contributed by atoms with Crippen LogP contribution in [0.5, 0.6) is 0 Å². The van der Waals surface area contributed by atoms with Gasteiger partial charge < -0.3 is 20.1 Å². The van der Waals surface area contributed by atoms with Crippen LogP contribution in [0.2, 0.25) is 0 Å². The van der Waals surface area contributed by atoms with Crippen LogP contribution in [0.15, 0.2) is 78.9 Å². The first kappa shape index (κ1) is 34.4. The molecule has 0 saturated carbocycles. The largest absolute Gasteiger partial charge is 0.432 e. The summed E-state index contributed by atoms with van der Waals surface area (Å²) in [7, 11) is 0. The van der Waals surface area contributed by atoms with Gasteiger partial charge in [-0.25, -0.2) is 4.79 Å². The molecule has 1 heterocycles. The maximum absolute atomic E-state index is 13.9. The molecule has 46 heavy (non-hydrogen) atoms. The van der Waals surface area contributed by atoms with E-state index in [9.17, 15) is 19.6 Å². The van der Waals surface area contributed by atoms with Crippen LogP contribution < -0.4 is 10.6 Å². The number of aryl methyl sites for hydroxylation is 1. The molecule has 3 aromatic rings. The highest BCUT2D eigenvalue weighted by molar-refractivity contribution is 5.92. The van der Waals surface area contributed by atoms with Crippen LogP contribution in [-0.2, 0) is 36.7 Å². The van der Waals surface area contributed by atoms with E-state index < -0.39 is 41.1 Å². The zero-order valence-electron chi connectivity index (χ0n) is 27.6. The molecule has 242 valence electrons. The second kappa shape index (κ2) is 14.7. The van der Waals surface area contributed by atoms with E-state index in [0.29, 0.717) is 31.2 Å². The Morgan fingerprint density at radius 3 is 2.15 bits per heavy atom. The van der Waals surface area contributed by atoms with Gasteiger partial charge in [-0.05, 0) is 66.3 Å². The third-order valence-corrected chi connectivity index (χ3v) is 8.30. The fourth-order valence-electron chi connectivity index (χ4n) is 5.74. The highest BCUT2D eigenvalue weighted by atomic mass is 16.8. The number of rotatable bonds is 12. The lowest BCUT2D eigenvalue weighted by molar-refractivity contribution is -0.162. The van der Waals surface area contributed by atoms with Crippen molar-refractivity contribution in [2.45, 2.75) is 91.2 Å². The van der Waals surface area contributed by atoms with Gasteiger partial charge in [0.2, 0.25) is 17.6 Å². The number of benzene rings is 3. The van der Waals surface area contributed by atoms with Crippen molar-refractivity contribution < 1.29 is 23.9 Å². The van der Waals surface area contributed by atoms with Crippen LogP contribution in [0.4, 0.5) is 0 Å². The minimum Gasteiger partial charge on any atom is -0.432 e. The van der Waals surface area contributed by atoms with Gasteiger partial charge in [-0.15, -0.1) is 0 Å². The molecule has 2 N–H and O–H groups in total. The van der Waals surface area contributed by atoms with Crippen molar-refractivity contribution in [1.29, 1.82) is 5.26 Å². The van der Waals surface area contributed by atoms with Gasteiger partial charge in [0.1, 0.15) is 6.04 Å². The Labute approximate surface area is 272 Å². The van der Waals surface area contributed by atoms with Crippen molar-refractivity contribution in [3.05, 3.63) is 107 Å². The quantitative estimate of drug-likeness (QED) is 0.233. The molecule has 0 spiro atoms. The van der Waals surface area contributed by atoms with Gasteiger partial charge in [-0.2, -0.15) is 5.26 Å². The van der Waals surface area contributed by atoms with Crippen molar-refractivity contribution in [2.24, 2.45) is 11.3 Å². The lowest BCUT2D eigenvalue weighted by atomic mass is 9.84. The van der Waals surface area contributed by atoms with Crippen molar-refractivity contribution in [2.75, 3.05) is 0 Å². The molecule has 0 radical (unpaired) electrons. The number of nitrogens with one attached hydrogen (secondary N) is 2. The summed E-state index contributed by atoms with van der Waals surface area (Å²) in [5, 5.41) is 15.4. The highest BCUT2D eigenvalue weighted by Gasteiger charge is 2.48. The van der Waals surface area contributed by atoms with Crippen molar-refractivity contribution in [3.8, 4) is 6.07 Å². The molecule has 1 aliphatic heterocycles. The third-order valence-electron chi connectivity index (χ3n) is 8.30. The van der Waals surface area contributed by atoms with Gasteiger partial charge in [0, 0.05) is 13.8 Å². The number of nitrogens with zero attached hydrogens (tertiary/aromatic N) is 1. The van der Waals surface area contributed by atoms with Crippen LogP contribution in [0, 0.1) is 22.7 Å². The maximum atomic E-state index is 13.9. The topological polar surface area (TPSA) is 118 Å². The molecule has 0 bridgehead atoms. The van der Waals surface area contributed by atoms with Crippen LogP contribution >= 0.6 is 0 Å². The van der Waals surface area contributed by atoms with Crippen LogP contribution in [-0.4, -0.2) is 35.7 Å². The number of carbonyl (C=O) groups excluding carboxylic acids is 3. The molecule has 0 unspecified atom stereocenters. The summed E-state index contributed by atoms with van der Waals surface area (Å²) in [4.78, 5) is 40.3. The highest BCUT2D eigenvalue weighted by Crippen LogP contribution is 2.32. The Morgan fingerprint density at radius 2 is 1.54 bits per heavy atom. The van der Waals surface area contributed by atoms with Gasteiger partial charge in [0.25, 0.3) is 0 Å². The molecule has 1 fully saturated rings. The average Bonchev–Trinajstić information content (AvgIpc) is 3.29. The average molecular weight is 624 g/mol. The number of carbonyl (C=O) groups is 3. The summed E-state index contributed by atoms with van der Waals surface area (Å²) in [6.45, 7) is 10.9. The fraction of sp³-hybridized carbons (Fsp3) is 0.421. The lowest BCUT2D eigenvalue weighted by Gasteiger charge is -2.33. The van der Waals surface area contributed by atoms with Gasteiger partial charge >= 0.3 is 5.97 Å². The standard InChI is InChI=1S/C38H45N3O5/c1-25(28-14-8-7-9-15-28)40-35(43)33(37(2,3)4)41-34(42)31(32-36(44)46-38(5,6)45-32)18-12-13-26-19-21-27(22-20-26)23-29-16-10-11-17-30(29)24-39/h7-11,14-17,19-22,25,31-33H,12-13,18,23H2,1-6H3,(H,40,43)(H,41,42)/t25-,31-,32+,33-/m1/s1. The Morgan fingerprint density at radius 1 is 0.913 bits per heavy atom. The molecule has 8 heteroatoms. The predicted octanol–water partition coefficient (Wildman–Crippen LogP) is 6.17. The van der Waals surface area contributed by atoms with Crippen LogP contribution in [0.25, 0.3) is 0 Å². The zero-order chi connectivity index (χ0) is 33.5. The number of esters is 1. The zero-order valence-corrected chi connectivity index (χ0v) is 27.6. The van der Waals surface area contributed by atoms with Crippen LogP contribution in [0.3, 0.4) is 0 Å². The van der Waals surface area contributed by atoms with Crippen molar-refractivity contribution in [3.63, 3.8) is 0 Å². The molecule has 8 nitrogen and oxygen atoms in total. The van der Waals surface area contributed by atoms with E-state index in [-0.39, 0.29) is 11.9 Å². The number of hydrogen-bond donors (Lipinski definition) is 2. The maximum Gasteiger partial charge on any atom is 0.338 e. The summed E-state index contributed by atoms with van der Waals surface area (Å²) < 4.78 is 11.3. The third kappa shape index (κ3) is 9.04. The normalized spacial score (nSPS) is 17.7. The Bertz CT molecular complexity index is 1550. The number of ether oxygens (including phenoxy) is 2. The monoisotopic (exact) mass is 623 g/mol. The molecule has 0 aromatic heterocycles. The Kier molecular flexibility index (Phi) is 11.0. The fourth-order valence-corrected chi connectivity index (χ4v) is 5.74. The number of hydrogen-bond acceptors (Lipinski definition) is 6. The molecule has 4 rings (SSSR count). The SMILES string of the molecule is C[C@@H](NC(=O)[C@@H](NC(=O)[C@H](CCCc1ccc(Cc2ccccc2C#N)cc1)[C@@H]1OC(C)(C)OC1=O)C(C)(C)C)c1ccccc1. The Balaban J connectivity index is 1.44. The number of nitriles is 1. The summed E-state index contributed by atoms with van der Waals surface area (Å²) >= 11 is 0. The van der Waals surface area contributed by atoms with E-state index in [0.717, 1.165) is 22.3 Å². The summed E-state index contributed by atoms with van der Waals surface area (Å²) in [5.41, 5.74) is 4.19. The first-order chi connectivity index (χ1) is 21.8. The molecule has 1 aliphatic rings. The second-order valence-electron chi connectivity index (χ2n) is 13.6. The molecule has 1 saturated heterocycles. The van der Waals surface area contributed by atoms with E-state index in [1.54, 1.807) is 13.8 Å². The minimum atomic E-state index is -1.15. The predicted molar refractivity (Wildman–Crippen MR) is 176 cm³/mol. The van der Waals surface area contributed by atoms with Crippen molar-refractivity contribution >= 4 is 17.8 Å². The van der Waals surface area contributed by atoms with E-state index >= 15 is 0 Å². The van der Waals surface area contributed by atoms with E-state index in [1.165, 1.54) is 0 Å². The molecule has 4 atom stereocenters. The summed E-state index contributed by atoms with van der Waals surface area (Å²) in [5.74, 6) is -3.30. The first-order valence-electron chi connectivity index (χ1n) is 15.9. The van der Waals surface area contributed by atoms with Gasteiger partial charge in [0.15, 0.2) is 6.10 Å². The first-order valence-corrected chi connectivity index (χ1v) is 15.9. The van der Waals surface area contributed by atoms with Gasteiger partial charge in [-0.1, -0.05) is 93.6 Å². The molecule has 3 aromatic carbocycles. The Hall–Kier alpha value is -4.48. The molecule has 0 aliphatic carbocycles. The second-order valence-corrected chi connectivity index (χ2v) is 13.6. The van der Waals surface area contributed by atoms with Crippen molar-refractivity contribution in [1.82, 2.24) is 10.6 Å². The van der Waals surface area contributed by atoms with Crippen LogP contribution in [0.1, 0.15) is 88.2 Å². The minimum absolute atomic E-state index is 0.257. The smallest absolute Gasteiger partial charge is 0.338 e. The summed E-state index contributed by atoms with van der Waals surface area (Å²) in [6, 6.07) is 26.6. The number of cyclic esters (lactones) is 1. The molecule has 2 amide bonds. The summed E-state index contributed by atoms with van der Waals surface area (Å²) in [6.07, 6.45) is 1.24. The van der Waals surface area contributed by atoms with Gasteiger partial charge in [-0.3, -0.25) is 9.59 Å². The van der Waals surface area contributed by atoms with E-state index in [2.05, 4.69) is 41.0 Å². The lowest BCUT2D eigenvalue weighted by Crippen LogP contribution is -2.56.